The highest BCUT2D eigenvalue weighted by Crippen LogP contribution is 2.21. The van der Waals surface area contributed by atoms with Gasteiger partial charge in [-0.05, 0) is 36.2 Å². The lowest BCUT2D eigenvalue weighted by atomic mass is 10.1. The second-order valence-corrected chi connectivity index (χ2v) is 7.45. The summed E-state index contributed by atoms with van der Waals surface area (Å²) in [4.78, 5) is 18.8. The Kier molecular flexibility index (Phi) is 6.23. The summed E-state index contributed by atoms with van der Waals surface area (Å²) in [6.45, 7) is 2.84. The highest BCUT2D eigenvalue weighted by molar-refractivity contribution is 7.98. The minimum Gasteiger partial charge on any atom is -0.459 e. The Hall–Kier alpha value is -3.40. The number of H-pyrrole nitrogens is 1. The van der Waals surface area contributed by atoms with Crippen LogP contribution in [-0.4, -0.2) is 42.7 Å². The van der Waals surface area contributed by atoms with E-state index in [1.807, 2.05) is 31.2 Å². The van der Waals surface area contributed by atoms with Crippen molar-refractivity contribution in [3.05, 3.63) is 66.0 Å². The second kappa shape index (κ2) is 9.40. The average Bonchev–Trinajstić information content (AvgIpc) is 3.54. The molecule has 0 saturated heterocycles. The third kappa shape index (κ3) is 4.77. The molecule has 1 N–H and O–H groups in total. The number of nitrogens with zero attached hydrogens (tertiary/aromatic N) is 5. The molecule has 0 saturated carbocycles. The quantitative estimate of drug-likeness (QED) is 0.404. The van der Waals surface area contributed by atoms with Crippen molar-refractivity contribution in [2.75, 3.05) is 6.54 Å². The molecule has 0 spiro atoms. The first-order valence-electron chi connectivity index (χ1n) is 9.45. The summed E-state index contributed by atoms with van der Waals surface area (Å²) in [5.41, 5.74) is 1.71. The lowest BCUT2D eigenvalue weighted by molar-refractivity contribution is 0.0728. The number of hydrogen-bond donors (Lipinski definition) is 1. The summed E-state index contributed by atoms with van der Waals surface area (Å²) in [6.07, 6.45) is 3.84. The fraction of sp³-hybridized carbons (Fsp3) is 0.250. The summed E-state index contributed by atoms with van der Waals surface area (Å²) < 4.78 is 10.9. The van der Waals surface area contributed by atoms with Gasteiger partial charge in [0.05, 0.1) is 12.8 Å². The Labute approximate surface area is 176 Å². The van der Waals surface area contributed by atoms with Gasteiger partial charge in [0, 0.05) is 17.9 Å². The van der Waals surface area contributed by atoms with Gasteiger partial charge in [0.15, 0.2) is 10.9 Å². The van der Waals surface area contributed by atoms with Crippen molar-refractivity contribution in [2.24, 2.45) is 0 Å². The molecule has 0 aliphatic carbocycles. The monoisotopic (exact) mass is 424 g/mol. The van der Waals surface area contributed by atoms with Crippen LogP contribution in [0.15, 0.2) is 63.0 Å². The number of aromatic amines is 1. The van der Waals surface area contributed by atoms with Crippen molar-refractivity contribution in [1.82, 2.24) is 30.3 Å². The van der Waals surface area contributed by atoms with E-state index in [1.165, 1.54) is 6.33 Å². The molecule has 4 rings (SSSR count). The van der Waals surface area contributed by atoms with Gasteiger partial charge < -0.3 is 13.7 Å². The number of thioether (sulfide) groups is 1. The van der Waals surface area contributed by atoms with Crippen LogP contribution in [0.5, 0.6) is 0 Å². The van der Waals surface area contributed by atoms with Crippen molar-refractivity contribution in [3.8, 4) is 11.7 Å². The van der Waals surface area contributed by atoms with Gasteiger partial charge in [-0.15, -0.1) is 10.2 Å². The van der Waals surface area contributed by atoms with E-state index in [9.17, 15) is 4.79 Å². The van der Waals surface area contributed by atoms with Crippen molar-refractivity contribution in [1.29, 1.82) is 0 Å². The van der Waals surface area contributed by atoms with Gasteiger partial charge in [-0.1, -0.05) is 30.8 Å². The molecular weight excluding hydrogens is 404 g/mol. The predicted molar refractivity (Wildman–Crippen MR) is 109 cm³/mol. The van der Waals surface area contributed by atoms with Crippen molar-refractivity contribution < 1.29 is 13.6 Å². The molecule has 1 aromatic carbocycles. The number of aromatic nitrogens is 5. The SMILES string of the molecule is CCCN(Cc1nnc(-c2ccco2)o1)C(=O)c1ccc(CSc2ncn[nH]2)cc1. The van der Waals surface area contributed by atoms with Gasteiger partial charge in [-0.3, -0.25) is 9.89 Å². The van der Waals surface area contributed by atoms with Crippen molar-refractivity contribution in [3.63, 3.8) is 0 Å². The fourth-order valence-electron chi connectivity index (χ4n) is 2.84. The minimum absolute atomic E-state index is 0.0796. The minimum atomic E-state index is -0.0796. The fourth-order valence-corrected chi connectivity index (χ4v) is 3.58. The molecule has 0 atom stereocenters. The van der Waals surface area contributed by atoms with Gasteiger partial charge in [0.2, 0.25) is 5.89 Å². The molecule has 30 heavy (non-hydrogen) atoms. The molecule has 0 bridgehead atoms. The summed E-state index contributed by atoms with van der Waals surface area (Å²) >= 11 is 1.55. The predicted octanol–water partition coefficient (Wildman–Crippen LogP) is 3.79. The summed E-state index contributed by atoms with van der Waals surface area (Å²) in [7, 11) is 0. The smallest absolute Gasteiger partial charge is 0.283 e. The number of carbonyl (C=O) groups is 1. The summed E-state index contributed by atoms with van der Waals surface area (Å²) in [6, 6.07) is 11.1. The maximum atomic E-state index is 13.0. The second-order valence-electron chi connectivity index (χ2n) is 6.48. The first-order chi connectivity index (χ1) is 14.7. The van der Waals surface area contributed by atoms with Crippen LogP contribution in [-0.2, 0) is 12.3 Å². The molecule has 154 valence electrons. The van der Waals surface area contributed by atoms with Gasteiger partial charge in [0.1, 0.15) is 6.33 Å². The van der Waals surface area contributed by atoms with E-state index in [2.05, 4.69) is 25.4 Å². The molecule has 0 aliphatic rings. The number of carbonyl (C=O) groups excluding carboxylic acids is 1. The third-order valence-electron chi connectivity index (χ3n) is 4.28. The van der Waals surface area contributed by atoms with Crippen LogP contribution >= 0.6 is 11.8 Å². The van der Waals surface area contributed by atoms with Gasteiger partial charge in [0.25, 0.3) is 11.8 Å². The van der Waals surface area contributed by atoms with Crippen molar-refractivity contribution in [2.45, 2.75) is 30.8 Å². The van der Waals surface area contributed by atoms with E-state index in [4.69, 9.17) is 8.83 Å². The standard InChI is InChI=1S/C20H20N6O3S/c1-2-9-26(11-17-23-24-18(29-17)16-4-3-10-28-16)19(27)15-7-5-14(6-8-15)12-30-20-21-13-22-25-20/h3-8,10,13H,2,9,11-12H2,1H3,(H,21,22,25). The highest BCUT2D eigenvalue weighted by atomic mass is 32.2. The lowest BCUT2D eigenvalue weighted by Gasteiger charge is -2.20. The van der Waals surface area contributed by atoms with Gasteiger partial charge in [-0.25, -0.2) is 4.98 Å². The Balaban J connectivity index is 1.41. The maximum Gasteiger partial charge on any atom is 0.283 e. The van der Waals surface area contributed by atoms with Crippen LogP contribution in [0.1, 0.15) is 35.2 Å². The zero-order valence-electron chi connectivity index (χ0n) is 16.3. The van der Waals surface area contributed by atoms with E-state index in [0.29, 0.717) is 29.6 Å². The first kappa shape index (κ1) is 19.9. The normalized spacial score (nSPS) is 11.0. The molecular formula is C20H20N6O3S. The first-order valence-corrected chi connectivity index (χ1v) is 10.4. The van der Waals surface area contributed by atoms with Crippen LogP contribution < -0.4 is 0 Å². The van der Waals surface area contributed by atoms with E-state index in [0.717, 1.165) is 22.9 Å². The molecule has 0 unspecified atom stereocenters. The zero-order valence-corrected chi connectivity index (χ0v) is 17.1. The van der Waals surface area contributed by atoms with Gasteiger partial charge in [-0.2, -0.15) is 5.10 Å². The number of benzene rings is 1. The lowest BCUT2D eigenvalue weighted by Crippen LogP contribution is -2.31. The number of rotatable bonds is 9. The van der Waals surface area contributed by atoms with Crippen LogP contribution in [0.2, 0.25) is 0 Å². The molecule has 1 amide bonds. The third-order valence-corrected chi connectivity index (χ3v) is 5.22. The van der Waals surface area contributed by atoms with Crippen LogP contribution in [0, 0.1) is 0 Å². The van der Waals surface area contributed by atoms with E-state index in [-0.39, 0.29) is 12.5 Å². The number of amides is 1. The Morgan fingerprint density at radius 1 is 1.20 bits per heavy atom. The molecule has 0 fully saturated rings. The Morgan fingerprint density at radius 3 is 2.77 bits per heavy atom. The zero-order chi connectivity index (χ0) is 20.8. The molecule has 0 aliphatic heterocycles. The van der Waals surface area contributed by atoms with Crippen molar-refractivity contribution >= 4 is 17.7 Å². The number of furan rings is 1. The van der Waals surface area contributed by atoms with Crippen LogP contribution in [0.4, 0.5) is 0 Å². The highest BCUT2D eigenvalue weighted by Gasteiger charge is 2.19. The topological polar surface area (TPSA) is 114 Å². The molecule has 3 heterocycles. The van der Waals surface area contributed by atoms with Crippen LogP contribution in [0.25, 0.3) is 11.7 Å². The van der Waals surface area contributed by atoms with E-state index < -0.39 is 0 Å². The molecule has 4 aromatic rings. The maximum absolute atomic E-state index is 13.0. The average molecular weight is 424 g/mol. The van der Waals surface area contributed by atoms with E-state index in [1.54, 1.807) is 35.1 Å². The van der Waals surface area contributed by atoms with Gasteiger partial charge >= 0.3 is 0 Å². The Bertz CT molecular complexity index is 1060. The van der Waals surface area contributed by atoms with E-state index >= 15 is 0 Å². The molecule has 9 nitrogen and oxygen atoms in total. The molecule has 10 heteroatoms. The summed E-state index contributed by atoms with van der Waals surface area (Å²) in [5.74, 6) is 1.82. The number of nitrogens with one attached hydrogen (secondary N) is 1. The Morgan fingerprint density at radius 2 is 2.07 bits per heavy atom. The number of hydrogen-bond acceptors (Lipinski definition) is 8. The molecule has 0 radical (unpaired) electrons. The molecule has 3 aromatic heterocycles. The van der Waals surface area contributed by atoms with Crippen LogP contribution in [0.3, 0.4) is 0 Å². The summed E-state index contributed by atoms with van der Waals surface area (Å²) in [5, 5.41) is 15.4. The largest absolute Gasteiger partial charge is 0.459 e.